The molecule has 4 heteroatoms. The molecule has 1 atom stereocenters. The summed E-state index contributed by atoms with van der Waals surface area (Å²) in [7, 11) is 0. The minimum absolute atomic E-state index is 0.388. The fraction of sp³-hybridized carbons (Fsp3) is 0.269. The second-order valence-electron chi connectivity index (χ2n) is 8.28. The molecule has 154 valence electrons. The molecule has 0 saturated heterocycles. The maximum Gasteiger partial charge on any atom is 0.417 e. The minimum Gasteiger partial charge on any atom is -0.410 e. The fourth-order valence-electron chi connectivity index (χ4n) is 3.96. The Balaban J connectivity index is 1.42. The Morgan fingerprint density at radius 2 is 1.80 bits per heavy atom. The van der Waals surface area contributed by atoms with Crippen LogP contribution in [0.5, 0.6) is 5.75 Å². The van der Waals surface area contributed by atoms with Crippen LogP contribution in [0.4, 0.5) is 16.2 Å². The number of carbonyl (C=O) groups excluding carboxylic acids is 1. The lowest BCUT2D eigenvalue weighted by molar-refractivity contribution is 0.215. The molecule has 4 rings (SSSR count). The lowest BCUT2D eigenvalue weighted by atomic mass is 10.0. The van der Waals surface area contributed by atoms with E-state index in [9.17, 15) is 4.79 Å². The molecule has 0 aromatic heterocycles. The summed E-state index contributed by atoms with van der Waals surface area (Å²) in [5.41, 5.74) is 5.69. The van der Waals surface area contributed by atoms with Crippen LogP contribution in [0, 0.1) is 0 Å². The van der Waals surface area contributed by atoms with Gasteiger partial charge in [-0.05, 0) is 52.9 Å². The molecule has 1 heterocycles. The zero-order valence-electron chi connectivity index (χ0n) is 17.8. The number of nitrogens with zero attached hydrogens (tertiary/aromatic N) is 1. The number of fused-ring (bicyclic) bond motifs is 1. The molecular formula is C26H28N2O2. The topological polar surface area (TPSA) is 41.6 Å². The minimum atomic E-state index is -0.473. The van der Waals surface area contributed by atoms with E-state index in [1.165, 1.54) is 22.4 Å². The lowest BCUT2D eigenvalue weighted by Crippen LogP contribution is -2.20. The second-order valence-corrected chi connectivity index (χ2v) is 8.28. The highest BCUT2D eigenvalue weighted by Gasteiger charge is 2.26. The largest absolute Gasteiger partial charge is 0.417 e. The Morgan fingerprint density at radius 1 is 1.07 bits per heavy atom. The van der Waals surface area contributed by atoms with Crippen molar-refractivity contribution in [3.05, 3.63) is 89.5 Å². The smallest absolute Gasteiger partial charge is 0.410 e. The normalized spacial score (nSPS) is 15.2. The molecule has 1 amide bonds. The summed E-state index contributed by atoms with van der Waals surface area (Å²) in [5.74, 6) is 1.42. The van der Waals surface area contributed by atoms with Gasteiger partial charge in [0, 0.05) is 30.4 Å². The molecule has 30 heavy (non-hydrogen) atoms. The van der Waals surface area contributed by atoms with Gasteiger partial charge in [-0.2, -0.15) is 0 Å². The van der Waals surface area contributed by atoms with Crippen LogP contribution >= 0.6 is 0 Å². The molecule has 1 unspecified atom stereocenters. The number of carbonyl (C=O) groups is 1. The zero-order chi connectivity index (χ0) is 21.1. The van der Waals surface area contributed by atoms with Crippen LogP contribution in [0.3, 0.4) is 0 Å². The van der Waals surface area contributed by atoms with Gasteiger partial charge in [-0.3, -0.25) is 5.32 Å². The number of amides is 1. The van der Waals surface area contributed by atoms with Crippen molar-refractivity contribution in [2.75, 3.05) is 16.8 Å². The highest BCUT2D eigenvalue weighted by atomic mass is 16.6. The lowest BCUT2D eigenvalue weighted by Gasteiger charge is -2.20. The van der Waals surface area contributed by atoms with Gasteiger partial charge in [-0.15, -0.1) is 0 Å². The summed E-state index contributed by atoms with van der Waals surface area (Å²) in [4.78, 5) is 14.7. The second kappa shape index (κ2) is 8.62. The molecule has 3 aromatic rings. The van der Waals surface area contributed by atoms with Gasteiger partial charge in [0.15, 0.2) is 0 Å². The average Bonchev–Trinajstić information content (AvgIpc) is 3.04. The predicted molar refractivity (Wildman–Crippen MR) is 123 cm³/mol. The molecule has 0 aliphatic carbocycles. The van der Waals surface area contributed by atoms with Crippen LogP contribution in [-0.2, 0) is 6.54 Å². The van der Waals surface area contributed by atoms with Gasteiger partial charge in [-0.1, -0.05) is 63.2 Å². The van der Waals surface area contributed by atoms with Crippen LogP contribution in [0.2, 0.25) is 0 Å². The summed E-state index contributed by atoms with van der Waals surface area (Å²) in [5, 5.41) is 2.81. The molecule has 1 aliphatic heterocycles. The molecule has 0 bridgehead atoms. The van der Waals surface area contributed by atoms with Crippen LogP contribution in [0.15, 0.2) is 72.8 Å². The third-order valence-electron chi connectivity index (χ3n) is 5.62. The van der Waals surface area contributed by atoms with E-state index in [0.717, 1.165) is 18.8 Å². The van der Waals surface area contributed by atoms with Crippen molar-refractivity contribution >= 4 is 17.5 Å². The van der Waals surface area contributed by atoms with Crippen LogP contribution in [0.25, 0.3) is 0 Å². The molecule has 0 fully saturated rings. The highest BCUT2D eigenvalue weighted by molar-refractivity contribution is 5.86. The highest BCUT2D eigenvalue weighted by Crippen LogP contribution is 2.39. The van der Waals surface area contributed by atoms with Crippen molar-refractivity contribution < 1.29 is 9.53 Å². The maximum atomic E-state index is 12.3. The molecule has 4 nitrogen and oxygen atoms in total. The monoisotopic (exact) mass is 400 g/mol. The third-order valence-corrected chi connectivity index (χ3v) is 5.62. The first-order valence-corrected chi connectivity index (χ1v) is 10.5. The molecular weight excluding hydrogens is 372 g/mol. The number of ether oxygens (including phenoxy) is 1. The molecule has 0 radical (unpaired) electrons. The van der Waals surface area contributed by atoms with E-state index >= 15 is 0 Å². The molecule has 1 N–H and O–H groups in total. The summed E-state index contributed by atoms with van der Waals surface area (Å²) in [6.07, 6.45) is -0.473. The summed E-state index contributed by atoms with van der Waals surface area (Å²) >= 11 is 0. The molecule has 0 saturated carbocycles. The SMILES string of the molecule is CC(C)c1ccc(NC(=O)Oc2ccc3c(c2)C(C)CN3Cc2ccccc2)cc1. The van der Waals surface area contributed by atoms with Crippen molar-refractivity contribution in [2.24, 2.45) is 0 Å². The number of benzene rings is 3. The molecule has 3 aromatic carbocycles. The van der Waals surface area contributed by atoms with Gasteiger partial charge in [0.2, 0.25) is 0 Å². The Labute approximate surface area is 178 Å². The number of rotatable bonds is 5. The van der Waals surface area contributed by atoms with Gasteiger partial charge < -0.3 is 9.64 Å². The first kappa shape index (κ1) is 20.0. The average molecular weight is 401 g/mol. The van der Waals surface area contributed by atoms with Gasteiger partial charge in [-0.25, -0.2) is 4.79 Å². The molecule has 0 spiro atoms. The zero-order valence-corrected chi connectivity index (χ0v) is 17.8. The van der Waals surface area contributed by atoms with E-state index in [-0.39, 0.29) is 0 Å². The first-order chi connectivity index (χ1) is 14.5. The quantitative estimate of drug-likeness (QED) is 0.528. The van der Waals surface area contributed by atoms with Gasteiger partial charge in [0.05, 0.1) is 0 Å². The van der Waals surface area contributed by atoms with Gasteiger partial charge in [0.25, 0.3) is 0 Å². The summed E-state index contributed by atoms with van der Waals surface area (Å²) in [6.45, 7) is 8.34. The number of hydrogen-bond donors (Lipinski definition) is 1. The van der Waals surface area contributed by atoms with E-state index in [2.05, 4.69) is 61.3 Å². The Morgan fingerprint density at radius 3 is 2.50 bits per heavy atom. The summed E-state index contributed by atoms with van der Waals surface area (Å²) in [6, 6.07) is 24.3. The Bertz CT molecular complexity index is 1010. The number of anilines is 2. The van der Waals surface area contributed by atoms with Gasteiger partial charge in [0.1, 0.15) is 5.75 Å². The Hall–Kier alpha value is -3.27. The number of nitrogens with one attached hydrogen (secondary N) is 1. The maximum absolute atomic E-state index is 12.3. The van der Waals surface area contributed by atoms with Crippen molar-refractivity contribution in [1.29, 1.82) is 0 Å². The van der Waals surface area contributed by atoms with Crippen LogP contribution < -0.4 is 15.0 Å². The first-order valence-electron chi connectivity index (χ1n) is 10.5. The van der Waals surface area contributed by atoms with Crippen molar-refractivity contribution in [1.82, 2.24) is 0 Å². The van der Waals surface area contributed by atoms with E-state index < -0.39 is 6.09 Å². The van der Waals surface area contributed by atoms with Crippen molar-refractivity contribution in [3.63, 3.8) is 0 Å². The van der Waals surface area contributed by atoms with E-state index in [1.54, 1.807) is 0 Å². The Kier molecular flexibility index (Phi) is 5.75. The van der Waals surface area contributed by atoms with E-state index in [0.29, 0.717) is 17.6 Å². The van der Waals surface area contributed by atoms with Crippen LogP contribution in [0.1, 0.15) is 49.3 Å². The third kappa shape index (κ3) is 4.48. The summed E-state index contributed by atoms with van der Waals surface area (Å²) < 4.78 is 5.55. The molecule has 1 aliphatic rings. The van der Waals surface area contributed by atoms with Crippen molar-refractivity contribution in [2.45, 2.75) is 39.2 Å². The standard InChI is InChI=1S/C26H28N2O2/c1-18(2)21-9-11-22(12-10-21)27-26(29)30-23-13-14-25-24(15-23)19(3)16-28(25)17-20-7-5-4-6-8-20/h4-15,18-19H,16-17H2,1-3H3,(H,27,29). The fourth-order valence-corrected chi connectivity index (χ4v) is 3.96. The number of hydrogen-bond acceptors (Lipinski definition) is 3. The predicted octanol–water partition coefficient (Wildman–Crippen LogP) is 6.54. The van der Waals surface area contributed by atoms with E-state index in [4.69, 9.17) is 4.74 Å². The van der Waals surface area contributed by atoms with Gasteiger partial charge >= 0.3 is 6.09 Å². The van der Waals surface area contributed by atoms with Crippen LogP contribution in [-0.4, -0.2) is 12.6 Å². The van der Waals surface area contributed by atoms with Crippen molar-refractivity contribution in [3.8, 4) is 5.75 Å². The van der Waals surface area contributed by atoms with E-state index in [1.807, 2.05) is 42.5 Å².